The molecule has 22 heteroatoms. The van der Waals surface area contributed by atoms with Crippen LogP contribution >= 0.6 is 23.5 Å². The summed E-state index contributed by atoms with van der Waals surface area (Å²) in [6.07, 6.45) is 0.732. The number of tetrazole rings is 1. The van der Waals surface area contributed by atoms with Gasteiger partial charge in [0.25, 0.3) is 17.5 Å². The zero-order chi connectivity index (χ0) is 37.5. The number of rotatable bonds is 12. The van der Waals surface area contributed by atoms with E-state index in [-0.39, 0.29) is 50.2 Å². The van der Waals surface area contributed by atoms with Gasteiger partial charge in [-0.1, -0.05) is 23.9 Å². The highest BCUT2D eigenvalue weighted by Gasteiger charge is 2.67. The number of carboxylic acids is 2. The topological polar surface area (TPSA) is 297 Å². The Hall–Kier alpha value is -6.13. The van der Waals surface area contributed by atoms with Crippen molar-refractivity contribution in [1.29, 1.82) is 0 Å². The Bertz CT molecular complexity index is 2240. The number of phenolic OH excluding ortho intramolecular Hbond substituents is 3. The number of β-lactam (4-membered cyclic amide) rings is 1. The molecule has 0 saturated carbocycles. The van der Waals surface area contributed by atoms with Crippen LogP contribution in [0.2, 0.25) is 0 Å². The van der Waals surface area contributed by atoms with Gasteiger partial charge in [-0.2, -0.15) is 0 Å². The van der Waals surface area contributed by atoms with Gasteiger partial charge in [-0.15, -0.1) is 16.9 Å². The molecule has 20 nitrogen and oxygen atoms in total. The first-order valence-electron chi connectivity index (χ1n) is 14.7. The maximum Gasteiger partial charge on any atom is 0.352 e. The number of phenols is 3. The fraction of sp³-hybridized carbons (Fsp3) is 0.233. The van der Waals surface area contributed by atoms with Crippen LogP contribution < -0.4 is 16.1 Å². The summed E-state index contributed by atoms with van der Waals surface area (Å²) in [5, 5.41) is 63.3. The average Bonchev–Trinajstić information content (AvgIpc) is 3.55. The molecule has 52 heavy (non-hydrogen) atoms. The minimum atomic E-state index is -2.12. The second-order valence-corrected chi connectivity index (χ2v) is 13.1. The molecule has 4 aromatic rings. The van der Waals surface area contributed by atoms with E-state index in [9.17, 15) is 49.2 Å². The maximum atomic E-state index is 14.0. The summed E-state index contributed by atoms with van der Waals surface area (Å²) in [5.41, 5.74) is -4.00. The number of benzene rings is 2. The molecule has 3 amide bonds. The van der Waals surface area contributed by atoms with Gasteiger partial charge in [0.1, 0.15) is 41.2 Å². The number of aromatic hydroxyl groups is 3. The lowest BCUT2D eigenvalue weighted by molar-refractivity contribution is -0.192. The normalized spacial score (nSPS) is 18.8. The summed E-state index contributed by atoms with van der Waals surface area (Å²) in [7, 11) is 1.12. The third kappa shape index (κ3) is 6.22. The number of hydrogen-bond donors (Lipinski definition) is 7. The maximum absolute atomic E-state index is 14.0. The zero-order valence-corrected chi connectivity index (χ0v) is 28.0. The lowest BCUT2D eigenvalue weighted by Gasteiger charge is -2.56. The van der Waals surface area contributed by atoms with Gasteiger partial charge in [-0.05, 0) is 45.8 Å². The standard InChI is InChI=1S/C30H25N7O13S2/c1-49-30(27(48)37-20(26(46)47)13(10-51-28(30)37)11-52-29-33-34-35-36(29)8-18(40)41)32-25(45)19(12-2-4-14(38)5-3-12)31-24(44)16-9-50-23-15(21(16)42)6-7-17(39)22(23)43/h2-7,9,19,28,38-39,43H,8,10-11H2,1H3,(H,31,44)(H,32,45)(H,40,41)(H,46,47)/t19?,28-,30-/m0/s1. The molecule has 3 atom stereocenters. The van der Waals surface area contributed by atoms with Crippen molar-refractivity contribution in [3.63, 3.8) is 0 Å². The molecule has 0 radical (unpaired) electrons. The Morgan fingerprint density at radius 2 is 1.85 bits per heavy atom. The van der Waals surface area contributed by atoms with Gasteiger partial charge in [0, 0.05) is 18.6 Å². The van der Waals surface area contributed by atoms with Crippen LogP contribution in [0.5, 0.6) is 17.2 Å². The minimum Gasteiger partial charge on any atom is -0.508 e. The molecule has 2 aliphatic rings. The van der Waals surface area contributed by atoms with Crippen LogP contribution in [0.15, 0.2) is 68.3 Å². The lowest BCUT2D eigenvalue weighted by atomic mass is 9.96. The van der Waals surface area contributed by atoms with E-state index in [0.29, 0.717) is 0 Å². The number of nitrogens with zero attached hydrogens (tertiary/aromatic N) is 5. The summed E-state index contributed by atoms with van der Waals surface area (Å²) in [4.78, 5) is 78.9. The summed E-state index contributed by atoms with van der Waals surface area (Å²) >= 11 is 2.02. The van der Waals surface area contributed by atoms with E-state index in [2.05, 4.69) is 26.2 Å². The molecule has 1 unspecified atom stereocenters. The molecule has 0 bridgehead atoms. The first kappa shape index (κ1) is 35.7. The van der Waals surface area contributed by atoms with Crippen molar-refractivity contribution in [2.75, 3.05) is 18.6 Å². The Labute approximate surface area is 298 Å². The van der Waals surface area contributed by atoms with Crippen LogP contribution in [0.3, 0.4) is 0 Å². The lowest BCUT2D eigenvalue weighted by Crippen LogP contribution is -2.81. The Kier molecular flexibility index (Phi) is 9.53. The van der Waals surface area contributed by atoms with E-state index >= 15 is 0 Å². The van der Waals surface area contributed by atoms with Crippen LogP contribution in [0.4, 0.5) is 0 Å². The van der Waals surface area contributed by atoms with Crippen molar-refractivity contribution < 1.29 is 58.7 Å². The van der Waals surface area contributed by atoms with Gasteiger partial charge in [0.15, 0.2) is 11.3 Å². The van der Waals surface area contributed by atoms with Crippen molar-refractivity contribution in [1.82, 2.24) is 35.7 Å². The number of aromatic nitrogens is 4. The quantitative estimate of drug-likeness (QED) is 0.0432. The van der Waals surface area contributed by atoms with Crippen molar-refractivity contribution >= 4 is 64.2 Å². The Morgan fingerprint density at radius 1 is 1.12 bits per heavy atom. The SMILES string of the molecule is CO[C@@]1(NC(=O)C(NC(=O)c2coc3c(O)c(O)ccc3c2=O)c2ccc(O)cc2)C(=O)N2C(C(=O)O)=C(CSc3nnnn3CC(=O)O)CS[C@H]21. The zero-order valence-electron chi connectivity index (χ0n) is 26.4. The Morgan fingerprint density at radius 3 is 2.52 bits per heavy atom. The first-order valence-corrected chi connectivity index (χ1v) is 16.8. The molecule has 6 rings (SSSR count). The molecule has 0 aliphatic carbocycles. The number of amides is 3. The minimum absolute atomic E-state index is 0.0318. The van der Waals surface area contributed by atoms with Crippen LogP contribution in [0.1, 0.15) is 22.0 Å². The van der Waals surface area contributed by atoms with Gasteiger partial charge >= 0.3 is 11.9 Å². The van der Waals surface area contributed by atoms with E-state index in [0.717, 1.165) is 58.6 Å². The molecule has 2 aromatic heterocycles. The molecule has 7 N–H and O–H groups in total. The highest BCUT2D eigenvalue weighted by Crippen LogP contribution is 2.47. The number of carbonyl (C=O) groups excluding carboxylic acids is 3. The smallest absolute Gasteiger partial charge is 0.352 e. The van der Waals surface area contributed by atoms with E-state index in [1.54, 1.807) is 0 Å². The number of carboxylic acid groups (broad SMARTS) is 2. The number of aliphatic carboxylic acids is 2. The highest BCUT2D eigenvalue weighted by atomic mass is 32.2. The van der Waals surface area contributed by atoms with E-state index in [1.165, 1.54) is 24.3 Å². The van der Waals surface area contributed by atoms with Crippen LogP contribution in [0, 0.1) is 0 Å². The summed E-state index contributed by atoms with van der Waals surface area (Å²) in [6, 6.07) is 5.58. The van der Waals surface area contributed by atoms with Crippen molar-refractivity contribution in [2.24, 2.45) is 0 Å². The Balaban J connectivity index is 1.26. The van der Waals surface area contributed by atoms with Crippen molar-refractivity contribution in [3.8, 4) is 17.2 Å². The molecular weight excluding hydrogens is 731 g/mol. The van der Waals surface area contributed by atoms with E-state index < -0.39 is 75.8 Å². The third-order valence-electron chi connectivity index (χ3n) is 8.01. The molecule has 1 saturated heterocycles. The fourth-order valence-electron chi connectivity index (χ4n) is 5.50. The molecule has 270 valence electrons. The van der Waals surface area contributed by atoms with Gasteiger partial charge < -0.3 is 45.3 Å². The number of thioether (sulfide) groups is 2. The predicted octanol–water partition coefficient (Wildman–Crippen LogP) is -0.0430. The monoisotopic (exact) mass is 755 g/mol. The molecule has 2 aliphatic heterocycles. The van der Waals surface area contributed by atoms with Crippen LogP contribution in [0.25, 0.3) is 11.0 Å². The van der Waals surface area contributed by atoms with Gasteiger partial charge in [-0.3, -0.25) is 28.9 Å². The van der Waals surface area contributed by atoms with Crippen molar-refractivity contribution in [3.05, 3.63) is 75.3 Å². The largest absolute Gasteiger partial charge is 0.508 e. The number of ether oxygens (including phenoxy) is 1. The molecule has 4 heterocycles. The van der Waals surface area contributed by atoms with Gasteiger partial charge in [-0.25, -0.2) is 9.48 Å². The second-order valence-electron chi connectivity index (χ2n) is 11.1. The van der Waals surface area contributed by atoms with E-state index in [1.807, 2.05) is 0 Å². The number of carbonyl (C=O) groups is 5. The molecule has 1 fully saturated rings. The predicted molar refractivity (Wildman–Crippen MR) is 176 cm³/mol. The highest BCUT2D eigenvalue weighted by molar-refractivity contribution is 8.01. The summed E-state index contributed by atoms with van der Waals surface area (Å²) in [6.45, 7) is -0.533. The average molecular weight is 756 g/mol. The number of methoxy groups -OCH3 is 1. The van der Waals surface area contributed by atoms with Gasteiger partial charge in [0.2, 0.25) is 22.2 Å². The van der Waals surface area contributed by atoms with Crippen LogP contribution in [-0.4, -0.2) is 110 Å². The fourth-order valence-corrected chi connectivity index (χ4v) is 7.95. The number of hydrogen-bond acceptors (Lipinski definition) is 16. The molecule has 2 aromatic carbocycles. The molecular formula is C30H25N7O13S2. The van der Waals surface area contributed by atoms with Crippen LogP contribution in [-0.2, 0) is 30.5 Å². The summed E-state index contributed by atoms with van der Waals surface area (Å²) in [5.74, 6) is -7.20. The number of nitrogens with one attached hydrogen (secondary N) is 2. The van der Waals surface area contributed by atoms with Crippen molar-refractivity contribution in [2.45, 2.75) is 28.8 Å². The van der Waals surface area contributed by atoms with E-state index in [4.69, 9.17) is 14.3 Å². The molecule has 0 spiro atoms. The summed E-state index contributed by atoms with van der Waals surface area (Å²) < 4.78 is 11.8. The van der Waals surface area contributed by atoms with Gasteiger partial charge in [0.05, 0.1) is 5.39 Å². The first-order chi connectivity index (χ1) is 24.8. The second kappa shape index (κ2) is 13.9. The number of fused-ring (bicyclic) bond motifs is 2. The third-order valence-corrected chi connectivity index (χ3v) is 10.4.